The molecular weight excluding hydrogens is 257 g/mol. The summed E-state index contributed by atoms with van der Waals surface area (Å²) in [5.74, 6) is 0.390. The predicted octanol–water partition coefficient (Wildman–Crippen LogP) is 4.09. The molecule has 1 fully saturated rings. The molecule has 0 bridgehead atoms. The Morgan fingerprint density at radius 3 is 2.58 bits per heavy atom. The topological polar surface area (TPSA) is 26.3 Å². The lowest BCUT2D eigenvalue weighted by Gasteiger charge is -2.25. The highest BCUT2D eigenvalue weighted by Crippen LogP contribution is 2.37. The number of carbonyl (C=O) groups is 1. The maximum absolute atomic E-state index is 12.8. The first kappa shape index (κ1) is 13.9. The molecule has 0 aromatic heterocycles. The van der Waals surface area contributed by atoms with E-state index in [1.165, 1.54) is 18.6 Å². The number of hydrogen-bond donors (Lipinski definition) is 0. The summed E-state index contributed by atoms with van der Waals surface area (Å²) in [5.41, 5.74) is -0.885. The van der Waals surface area contributed by atoms with Gasteiger partial charge in [-0.1, -0.05) is 19.3 Å². The van der Waals surface area contributed by atoms with Gasteiger partial charge in [-0.25, -0.2) is 0 Å². The Labute approximate surface area is 109 Å². The second-order valence-corrected chi connectivity index (χ2v) is 4.81. The highest BCUT2D eigenvalue weighted by atomic mass is 19.4. The van der Waals surface area contributed by atoms with E-state index in [1.807, 2.05) is 0 Å². The van der Waals surface area contributed by atoms with Crippen LogP contribution in [-0.2, 0) is 6.18 Å². The highest BCUT2D eigenvalue weighted by Gasteiger charge is 2.34. The minimum Gasteiger partial charge on any atom is -0.493 e. The van der Waals surface area contributed by atoms with E-state index in [2.05, 4.69) is 0 Å². The van der Waals surface area contributed by atoms with E-state index in [9.17, 15) is 18.0 Å². The van der Waals surface area contributed by atoms with Gasteiger partial charge in [0, 0.05) is 5.56 Å². The molecule has 2 nitrogen and oxygen atoms in total. The average molecular weight is 272 g/mol. The zero-order valence-electron chi connectivity index (χ0n) is 10.4. The molecule has 5 heteroatoms. The Morgan fingerprint density at radius 1 is 1.32 bits per heavy atom. The zero-order valence-corrected chi connectivity index (χ0v) is 10.4. The van der Waals surface area contributed by atoms with Crippen LogP contribution in [0.4, 0.5) is 13.2 Å². The normalized spacial score (nSPS) is 15.9. The lowest BCUT2D eigenvalue weighted by Crippen LogP contribution is -2.16. The highest BCUT2D eigenvalue weighted by molar-refractivity contribution is 5.75. The molecule has 1 aromatic carbocycles. The standard InChI is InChI=1S/C14H15F3O2/c15-14(16,17)12-8-11(9-18)4-5-13(12)19-7-6-10-2-1-3-10/h4-5,8-10H,1-3,6-7H2. The number of benzene rings is 1. The van der Waals surface area contributed by atoms with Gasteiger partial charge in [0.2, 0.25) is 0 Å². The zero-order chi connectivity index (χ0) is 13.9. The lowest BCUT2D eigenvalue weighted by atomic mass is 9.83. The van der Waals surface area contributed by atoms with Crippen molar-refractivity contribution >= 4 is 6.29 Å². The number of ether oxygens (including phenoxy) is 1. The van der Waals surface area contributed by atoms with Gasteiger partial charge in [-0.05, 0) is 30.5 Å². The fraction of sp³-hybridized carbons (Fsp3) is 0.500. The third-order valence-electron chi connectivity index (χ3n) is 3.45. The van der Waals surface area contributed by atoms with Crippen LogP contribution in [0.2, 0.25) is 0 Å². The molecular formula is C14H15F3O2. The lowest BCUT2D eigenvalue weighted by molar-refractivity contribution is -0.139. The van der Waals surface area contributed by atoms with Gasteiger partial charge in [0.05, 0.1) is 12.2 Å². The van der Waals surface area contributed by atoms with E-state index in [0.717, 1.165) is 25.3 Å². The van der Waals surface area contributed by atoms with Crippen molar-refractivity contribution in [2.45, 2.75) is 31.9 Å². The van der Waals surface area contributed by atoms with Gasteiger partial charge in [-0.15, -0.1) is 0 Å². The van der Waals surface area contributed by atoms with Crippen LogP contribution >= 0.6 is 0 Å². The minimum absolute atomic E-state index is 0.00123. The number of halogens is 3. The number of hydrogen-bond acceptors (Lipinski definition) is 2. The largest absolute Gasteiger partial charge is 0.493 e. The van der Waals surface area contributed by atoms with Crippen LogP contribution in [0.15, 0.2) is 18.2 Å². The molecule has 2 rings (SSSR count). The average Bonchev–Trinajstić information content (AvgIpc) is 2.31. The van der Waals surface area contributed by atoms with E-state index < -0.39 is 11.7 Å². The summed E-state index contributed by atoms with van der Waals surface area (Å²) in [6.45, 7) is 0.286. The summed E-state index contributed by atoms with van der Waals surface area (Å²) in [4.78, 5) is 10.5. The molecule has 0 spiro atoms. The van der Waals surface area contributed by atoms with E-state index in [1.54, 1.807) is 0 Å². The second kappa shape index (κ2) is 5.63. The Kier molecular flexibility index (Phi) is 4.12. The first-order valence-electron chi connectivity index (χ1n) is 6.30. The molecule has 1 aromatic rings. The second-order valence-electron chi connectivity index (χ2n) is 4.81. The Balaban J connectivity index is 2.06. The van der Waals surface area contributed by atoms with E-state index in [0.29, 0.717) is 12.2 Å². The monoisotopic (exact) mass is 272 g/mol. The summed E-state index contributed by atoms with van der Waals surface area (Å²) < 4.78 is 43.7. The smallest absolute Gasteiger partial charge is 0.419 e. The Bertz CT molecular complexity index is 450. The van der Waals surface area contributed by atoms with Crippen molar-refractivity contribution in [2.75, 3.05) is 6.61 Å². The van der Waals surface area contributed by atoms with E-state index in [-0.39, 0.29) is 17.9 Å². The molecule has 0 heterocycles. The maximum atomic E-state index is 12.8. The maximum Gasteiger partial charge on any atom is 0.419 e. The van der Waals surface area contributed by atoms with E-state index in [4.69, 9.17) is 4.74 Å². The fourth-order valence-corrected chi connectivity index (χ4v) is 2.09. The summed E-state index contributed by atoms with van der Waals surface area (Å²) in [5, 5.41) is 0. The predicted molar refractivity (Wildman–Crippen MR) is 64.3 cm³/mol. The van der Waals surface area contributed by atoms with Gasteiger partial charge in [-0.3, -0.25) is 4.79 Å². The minimum atomic E-state index is -4.51. The summed E-state index contributed by atoms with van der Waals surface area (Å²) >= 11 is 0. The molecule has 19 heavy (non-hydrogen) atoms. The molecule has 0 amide bonds. The van der Waals surface area contributed by atoms with Gasteiger partial charge in [-0.2, -0.15) is 13.2 Å². The number of aldehydes is 1. The van der Waals surface area contributed by atoms with Crippen molar-refractivity contribution in [1.29, 1.82) is 0 Å². The molecule has 0 radical (unpaired) electrons. The first-order chi connectivity index (χ1) is 9.00. The third-order valence-corrected chi connectivity index (χ3v) is 3.45. The Hall–Kier alpha value is -1.52. The molecule has 0 N–H and O–H groups in total. The van der Waals surface area contributed by atoms with Gasteiger partial charge in [0.15, 0.2) is 0 Å². The molecule has 1 aliphatic rings. The molecule has 0 saturated heterocycles. The van der Waals surface area contributed by atoms with Crippen molar-refractivity contribution < 1.29 is 22.7 Å². The van der Waals surface area contributed by atoms with Crippen LogP contribution in [0.1, 0.15) is 41.6 Å². The van der Waals surface area contributed by atoms with Crippen LogP contribution in [0, 0.1) is 5.92 Å². The van der Waals surface area contributed by atoms with Crippen LogP contribution in [0.5, 0.6) is 5.75 Å². The van der Waals surface area contributed by atoms with Crippen molar-refractivity contribution in [2.24, 2.45) is 5.92 Å². The SMILES string of the molecule is O=Cc1ccc(OCCC2CCC2)c(C(F)(F)F)c1. The number of rotatable bonds is 5. The summed E-state index contributed by atoms with van der Waals surface area (Å²) in [6, 6.07) is 3.37. The van der Waals surface area contributed by atoms with Gasteiger partial charge < -0.3 is 4.74 Å². The molecule has 104 valence electrons. The van der Waals surface area contributed by atoms with Gasteiger partial charge in [0.1, 0.15) is 12.0 Å². The van der Waals surface area contributed by atoms with Crippen LogP contribution in [0.3, 0.4) is 0 Å². The molecule has 1 aliphatic carbocycles. The number of carbonyl (C=O) groups excluding carboxylic acids is 1. The molecule has 1 saturated carbocycles. The van der Waals surface area contributed by atoms with Crippen LogP contribution in [0.25, 0.3) is 0 Å². The Morgan fingerprint density at radius 2 is 2.05 bits per heavy atom. The fourth-order valence-electron chi connectivity index (χ4n) is 2.09. The van der Waals surface area contributed by atoms with E-state index >= 15 is 0 Å². The van der Waals surface area contributed by atoms with Crippen molar-refractivity contribution in [1.82, 2.24) is 0 Å². The van der Waals surface area contributed by atoms with Crippen LogP contribution in [-0.4, -0.2) is 12.9 Å². The molecule has 0 unspecified atom stereocenters. The van der Waals surface area contributed by atoms with Crippen molar-refractivity contribution in [3.8, 4) is 5.75 Å². The third kappa shape index (κ3) is 3.49. The van der Waals surface area contributed by atoms with Crippen molar-refractivity contribution in [3.05, 3.63) is 29.3 Å². The first-order valence-corrected chi connectivity index (χ1v) is 6.30. The summed E-state index contributed by atoms with van der Waals surface area (Å²) in [7, 11) is 0. The summed E-state index contributed by atoms with van der Waals surface area (Å²) in [6.07, 6.45) is 0.149. The van der Waals surface area contributed by atoms with Gasteiger partial charge >= 0.3 is 6.18 Å². The van der Waals surface area contributed by atoms with Gasteiger partial charge in [0.25, 0.3) is 0 Å². The van der Waals surface area contributed by atoms with Crippen LogP contribution < -0.4 is 4.74 Å². The number of alkyl halides is 3. The molecule has 0 aliphatic heterocycles. The van der Waals surface area contributed by atoms with Crippen molar-refractivity contribution in [3.63, 3.8) is 0 Å². The quantitative estimate of drug-likeness (QED) is 0.755. The molecule has 0 atom stereocenters.